The quantitative estimate of drug-likeness (QED) is 0.788. The van der Waals surface area contributed by atoms with Gasteiger partial charge in [0, 0.05) is 18.3 Å². The number of nitrogen functional groups attached to an aromatic ring is 1. The summed E-state index contributed by atoms with van der Waals surface area (Å²) >= 11 is 0. The van der Waals surface area contributed by atoms with Crippen LogP contribution in [0, 0.1) is 0 Å². The zero-order valence-electron chi connectivity index (χ0n) is 10.8. The van der Waals surface area contributed by atoms with Crippen molar-refractivity contribution in [1.82, 2.24) is 0 Å². The van der Waals surface area contributed by atoms with Gasteiger partial charge in [0.1, 0.15) is 0 Å². The lowest BCUT2D eigenvalue weighted by atomic mass is 9.97. The zero-order valence-corrected chi connectivity index (χ0v) is 10.8. The molecule has 0 saturated heterocycles. The van der Waals surface area contributed by atoms with Crippen molar-refractivity contribution in [2.45, 2.75) is 32.7 Å². The predicted molar refractivity (Wildman–Crippen MR) is 70.6 cm³/mol. The third-order valence-corrected chi connectivity index (χ3v) is 3.39. The van der Waals surface area contributed by atoms with E-state index in [1.807, 2.05) is 11.9 Å². The molecular weight excluding hydrogens is 216 g/mol. The van der Waals surface area contributed by atoms with Crippen LogP contribution in [0.25, 0.3) is 0 Å². The molecule has 4 heteroatoms. The topological polar surface area (TPSA) is 66.6 Å². The average molecular weight is 236 g/mol. The molecule has 1 aromatic rings. The number of benzene rings is 1. The molecule has 0 heterocycles. The van der Waals surface area contributed by atoms with Crippen LogP contribution < -0.4 is 10.6 Å². The predicted octanol–water partition coefficient (Wildman–Crippen LogP) is 2.59. The van der Waals surface area contributed by atoms with E-state index in [-0.39, 0.29) is 11.1 Å². The monoisotopic (exact) mass is 236 g/mol. The van der Waals surface area contributed by atoms with Crippen LogP contribution in [0.1, 0.15) is 37.6 Å². The van der Waals surface area contributed by atoms with Crippen LogP contribution in [0.2, 0.25) is 0 Å². The summed E-state index contributed by atoms with van der Waals surface area (Å²) in [5, 5.41) is 9.18. The Hall–Kier alpha value is -1.71. The van der Waals surface area contributed by atoms with E-state index in [9.17, 15) is 9.90 Å². The first-order valence-electron chi connectivity index (χ1n) is 5.66. The molecular formula is C13H20N2O2. The molecule has 0 saturated carbocycles. The van der Waals surface area contributed by atoms with Crippen LogP contribution in [0.15, 0.2) is 18.2 Å². The lowest BCUT2D eigenvalue weighted by molar-refractivity contribution is 0.0697. The van der Waals surface area contributed by atoms with Gasteiger partial charge in [0.25, 0.3) is 0 Å². The second-order valence-electron chi connectivity index (χ2n) is 4.81. The minimum atomic E-state index is -0.932. The summed E-state index contributed by atoms with van der Waals surface area (Å²) < 4.78 is 0. The molecule has 0 fully saturated rings. The molecule has 94 valence electrons. The smallest absolute Gasteiger partial charge is 0.337 e. The molecule has 1 aromatic carbocycles. The molecule has 0 atom stereocenters. The fourth-order valence-corrected chi connectivity index (χ4v) is 1.57. The van der Waals surface area contributed by atoms with Crippen LogP contribution in [-0.2, 0) is 0 Å². The maximum absolute atomic E-state index is 11.2. The minimum Gasteiger partial charge on any atom is -0.478 e. The van der Waals surface area contributed by atoms with E-state index in [4.69, 9.17) is 5.73 Å². The number of carboxylic acids is 1. The van der Waals surface area contributed by atoms with Crippen molar-refractivity contribution in [3.63, 3.8) is 0 Å². The summed E-state index contributed by atoms with van der Waals surface area (Å²) in [6.45, 7) is 6.22. The summed E-state index contributed by atoms with van der Waals surface area (Å²) in [7, 11) is 1.89. The highest BCUT2D eigenvalue weighted by Gasteiger charge is 2.25. The van der Waals surface area contributed by atoms with Gasteiger partial charge >= 0.3 is 5.97 Å². The fourth-order valence-electron chi connectivity index (χ4n) is 1.57. The fraction of sp³-hybridized carbons (Fsp3) is 0.462. The Morgan fingerprint density at radius 3 is 2.53 bits per heavy atom. The van der Waals surface area contributed by atoms with Gasteiger partial charge in [-0.2, -0.15) is 0 Å². The maximum atomic E-state index is 11.2. The number of hydrogen-bond acceptors (Lipinski definition) is 3. The Morgan fingerprint density at radius 2 is 2.06 bits per heavy atom. The Kier molecular flexibility index (Phi) is 3.66. The van der Waals surface area contributed by atoms with Gasteiger partial charge in [0.05, 0.1) is 11.3 Å². The van der Waals surface area contributed by atoms with Crippen LogP contribution in [0.3, 0.4) is 0 Å². The Labute approximate surface area is 102 Å². The molecule has 0 aliphatic carbocycles. The number of carbonyl (C=O) groups is 1. The van der Waals surface area contributed by atoms with Gasteiger partial charge < -0.3 is 15.7 Å². The molecule has 0 spiro atoms. The number of anilines is 2. The highest BCUT2D eigenvalue weighted by molar-refractivity contribution is 5.95. The molecule has 0 radical (unpaired) electrons. The lowest BCUT2D eigenvalue weighted by Crippen LogP contribution is -2.41. The molecule has 0 unspecified atom stereocenters. The van der Waals surface area contributed by atoms with Crippen molar-refractivity contribution in [3.8, 4) is 0 Å². The standard InChI is InChI=1S/C13H20N2O2/c1-5-13(2,3)15(4)11-8-9(14)6-7-10(11)12(16)17/h6-8H,5,14H2,1-4H3,(H,16,17). The normalized spacial score (nSPS) is 11.3. The molecule has 1 rings (SSSR count). The number of rotatable bonds is 4. The van der Waals surface area contributed by atoms with Gasteiger partial charge in [-0.05, 0) is 38.5 Å². The highest BCUT2D eigenvalue weighted by atomic mass is 16.4. The van der Waals surface area contributed by atoms with Gasteiger partial charge in [-0.25, -0.2) is 4.79 Å². The first kappa shape index (κ1) is 13.4. The number of carboxylic acid groups (broad SMARTS) is 1. The van der Waals surface area contributed by atoms with E-state index in [1.54, 1.807) is 18.2 Å². The van der Waals surface area contributed by atoms with Crippen LogP contribution in [0.5, 0.6) is 0 Å². The third kappa shape index (κ3) is 2.70. The molecule has 0 amide bonds. The van der Waals surface area contributed by atoms with Crippen LogP contribution in [-0.4, -0.2) is 23.7 Å². The summed E-state index contributed by atoms with van der Waals surface area (Å²) in [5.41, 5.74) is 7.13. The van der Waals surface area contributed by atoms with Gasteiger partial charge in [-0.3, -0.25) is 0 Å². The third-order valence-electron chi connectivity index (χ3n) is 3.39. The first-order chi connectivity index (χ1) is 7.79. The van der Waals surface area contributed by atoms with Crippen molar-refractivity contribution in [2.75, 3.05) is 17.7 Å². The van der Waals surface area contributed by atoms with Gasteiger partial charge in [-0.1, -0.05) is 6.92 Å². The Morgan fingerprint density at radius 1 is 1.47 bits per heavy atom. The summed E-state index contributed by atoms with van der Waals surface area (Å²) in [4.78, 5) is 13.2. The van der Waals surface area contributed by atoms with E-state index >= 15 is 0 Å². The molecule has 0 bridgehead atoms. The van der Waals surface area contributed by atoms with E-state index < -0.39 is 5.97 Å². The van der Waals surface area contributed by atoms with Gasteiger partial charge in [0.2, 0.25) is 0 Å². The summed E-state index contributed by atoms with van der Waals surface area (Å²) in [5.74, 6) is -0.932. The van der Waals surface area contributed by atoms with E-state index in [0.29, 0.717) is 11.4 Å². The van der Waals surface area contributed by atoms with E-state index in [1.165, 1.54) is 0 Å². The van der Waals surface area contributed by atoms with Crippen molar-refractivity contribution in [2.24, 2.45) is 0 Å². The lowest BCUT2D eigenvalue weighted by Gasteiger charge is -2.37. The second kappa shape index (κ2) is 4.65. The van der Waals surface area contributed by atoms with Crippen molar-refractivity contribution in [1.29, 1.82) is 0 Å². The molecule has 0 aliphatic heterocycles. The van der Waals surface area contributed by atoms with Crippen LogP contribution in [0.4, 0.5) is 11.4 Å². The maximum Gasteiger partial charge on any atom is 0.337 e. The molecule has 0 aromatic heterocycles. The number of hydrogen-bond donors (Lipinski definition) is 2. The average Bonchev–Trinajstić information content (AvgIpc) is 2.27. The van der Waals surface area contributed by atoms with Crippen molar-refractivity contribution < 1.29 is 9.90 Å². The molecule has 4 nitrogen and oxygen atoms in total. The van der Waals surface area contributed by atoms with Crippen molar-refractivity contribution >= 4 is 17.3 Å². The number of aromatic carboxylic acids is 1. The Bertz CT molecular complexity index is 427. The first-order valence-corrected chi connectivity index (χ1v) is 5.66. The van der Waals surface area contributed by atoms with Gasteiger partial charge in [-0.15, -0.1) is 0 Å². The molecule has 0 aliphatic rings. The van der Waals surface area contributed by atoms with E-state index in [2.05, 4.69) is 20.8 Å². The minimum absolute atomic E-state index is 0.113. The zero-order chi connectivity index (χ0) is 13.2. The summed E-state index contributed by atoms with van der Waals surface area (Å²) in [6.07, 6.45) is 0.914. The Balaban J connectivity index is 3.29. The summed E-state index contributed by atoms with van der Waals surface area (Å²) in [6, 6.07) is 4.87. The number of nitrogens with zero attached hydrogens (tertiary/aromatic N) is 1. The largest absolute Gasteiger partial charge is 0.478 e. The van der Waals surface area contributed by atoms with Crippen molar-refractivity contribution in [3.05, 3.63) is 23.8 Å². The molecule has 17 heavy (non-hydrogen) atoms. The SMILES string of the molecule is CCC(C)(C)N(C)c1cc(N)ccc1C(=O)O. The molecule has 3 N–H and O–H groups in total. The van der Waals surface area contributed by atoms with Crippen LogP contribution >= 0.6 is 0 Å². The second-order valence-corrected chi connectivity index (χ2v) is 4.81. The highest BCUT2D eigenvalue weighted by Crippen LogP contribution is 2.29. The number of nitrogens with two attached hydrogens (primary N) is 1. The van der Waals surface area contributed by atoms with E-state index in [0.717, 1.165) is 6.42 Å². The van der Waals surface area contributed by atoms with Gasteiger partial charge in [0.15, 0.2) is 0 Å².